The van der Waals surface area contributed by atoms with Gasteiger partial charge in [-0.05, 0) is 49.6 Å². The van der Waals surface area contributed by atoms with E-state index in [-0.39, 0.29) is 0 Å². The highest BCUT2D eigenvalue weighted by molar-refractivity contribution is 7.89. The topological polar surface area (TPSA) is 58.2 Å². The lowest BCUT2D eigenvalue weighted by Crippen LogP contribution is -2.29. The zero-order valence-electron chi connectivity index (χ0n) is 12.9. The van der Waals surface area contributed by atoms with Gasteiger partial charge in [0.1, 0.15) is 4.90 Å². The molecule has 1 aliphatic carbocycles. The molecule has 1 aromatic rings. The predicted octanol–water partition coefficient (Wildman–Crippen LogP) is 3.02. The number of rotatable bonds is 8. The minimum absolute atomic E-state index is 0.495. The number of thiophene rings is 1. The predicted molar refractivity (Wildman–Crippen MR) is 88.2 cm³/mol. The lowest BCUT2D eigenvalue weighted by atomic mass is 10.1. The standard InChI is InChI=1S/C15H26N2O2S2/c1-3-8-16-10-14-15(12(2)11-20-14)21(18,19)17-9-13-6-4-5-7-13/h11,13,16-17H,3-10H2,1-2H3. The highest BCUT2D eigenvalue weighted by Gasteiger charge is 2.24. The normalized spacial score (nSPS) is 16.7. The van der Waals surface area contributed by atoms with Gasteiger partial charge in [-0.2, -0.15) is 0 Å². The number of hydrogen-bond donors (Lipinski definition) is 2. The van der Waals surface area contributed by atoms with E-state index in [4.69, 9.17) is 0 Å². The Balaban J connectivity index is 2.05. The van der Waals surface area contributed by atoms with E-state index < -0.39 is 10.0 Å². The lowest BCUT2D eigenvalue weighted by Gasteiger charge is -2.13. The summed E-state index contributed by atoms with van der Waals surface area (Å²) in [6.45, 7) is 6.11. The minimum atomic E-state index is -3.38. The minimum Gasteiger partial charge on any atom is -0.312 e. The number of hydrogen-bond acceptors (Lipinski definition) is 4. The molecule has 0 unspecified atom stereocenters. The SMILES string of the molecule is CCCNCc1scc(C)c1S(=O)(=O)NCC1CCCC1. The Bertz CT molecular complexity index is 546. The summed E-state index contributed by atoms with van der Waals surface area (Å²) >= 11 is 1.53. The van der Waals surface area contributed by atoms with E-state index in [9.17, 15) is 8.42 Å². The summed E-state index contributed by atoms with van der Waals surface area (Å²) < 4.78 is 28.0. The molecule has 0 atom stereocenters. The van der Waals surface area contributed by atoms with Gasteiger partial charge in [-0.15, -0.1) is 11.3 Å². The van der Waals surface area contributed by atoms with Gasteiger partial charge in [0, 0.05) is 18.0 Å². The average molecular weight is 331 g/mol. The summed E-state index contributed by atoms with van der Waals surface area (Å²) in [6, 6.07) is 0. The van der Waals surface area contributed by atoms with E-state index in [0.29, 0.717) is 23.9 Å². The summed E-state index contributed by atoms with van der Waals surface area (Å²) in [7, 11) is -3.38. The smallest absolute Gasteiger partial charge is 0.241 e. The molecule has 4 nitrogen and oxygen atoms in total. The molecule has 0 saturated heterocycles. The third-order valence-corrected chi connectivity index (χ3v) is 6.89. The maximum atomic E-state index is 12.6. The molecule has 0 aliphatic heterocycles. The van der Waals surface area contributed by atoms with Crippen LogP contribution in [-0.4, -0.2) is 21.5 Å². The molecule has 1 saturated carbocycles. The van der Waals surface area contributed by atoms with Gasteiger partial charge in [-0.1, -0.05) is 19.8 Å². The van der Waals surface area contributed by atoms with Crippen molar-refractivity contribution in [2.75, 3.05) is 13.1 Å². The van der Waals surface area contributed by atoms with Crippen molar-refractivity contribution in [3.63, 3.8) is 0 Å². The van der Waals surface area contributed by atoms with Gasteiger partial charge in [-0.3, -0.25) is 0 Å². The van der Waals surface area contributed by atoms with Gasteiger partial charge < -0.3 is 5.32 Å². The lowest BCUT2D eigenvalue weighted by molar-refractivity contribution is 0.519. The van der Waals surface area contributed by atoms with Crippen molar-refractivity contribution < 1.29 is 8.42 Å². The molecule has 6 heteroatoms. The van der Waals surface area contributed by atoms with Crippen LogP contribution in [0.2, 0.25) is 0 Å². The second-order valence-corrected chi connectivity index (χ2v) is 8.52. The van der Waals surface area contributed by atoms with E-state index in [1.165, 1.54) is 24.2 Å². The third-order valence-electron chi connectivity index (χ3n) is 4.01. The molecule has 1 aliphatic rings. The van der Waals surface area contributed by atoms with Crippen molar-refractivity contribution in [1.29, 1.82) is 0 Å². The highest BCUT2D eigenvalue weighted by Crippen LogP contribution is 2.28. The van der Waals surface area contributed by atoms with Crippen molar-refractivity contribution in [2.24, 2.45) is 5.92 Å². The van der Waals surface area contributed by atoms with Crippen LogP contribution < -0.4 is 10.0 Å². The van der Waals surface area contributed by atoms with E-state index in [2.05, 4.69) is 17.0 Å². The Morgan fingerprint density at radius 2 is 2.05 bits per heavy atom. The first-order chi connectivity index (χ1) is 10.0. The summed E-state index contributed by atoms with van der Waals surface area (Å²) in [4.78, 5) is 1.41. The highest BCUT2D eigenvalue weighted by atomic mass is 32.2. The molecule has 1 heterocycles. The van der Waals surface area contributed by atoms with Crippen LogP contribution in [0.5, 0.6) is 0 Å². The fourth-order valence-electron chi connectivity index (χ4n) is 2.86. The monoisotopic (exact) mass is 330 g/mol. The Hall–Kier alpha value is -0.430. The van der Waals surface area contributed by atoms with Crippen LogP contribution in [0.3, 0.4) is 0 Å². The molecule has 1 fully saturated rings. The number of nitrogens with one attached hydrogen (secondary N) is 2. The molecule has 0 aromatic carbocycles. The van der Waals surface area contributed by atoms with E-state index >= 15 is 0 Å². The molecule has 0 amide bonds. The summed E-state index contributed by atoms with van der Waals surface area (Å²) in [5.41, 5.74) is 0.854. The third kappa shape index (κ3) is 4.52. The Morgan fingerprint density at radius 3 is 2.71 bits per heavy atom. The van der Waals surface area contributed by atoms with Crippen LogP contribution in [0.25, 0.3) is 0 Å². The Morgan fingerprint density at radius 1 is 1.33 bits per heavy atom. The molecule has 1 aromatic heterocycles. The van der Waals surface area contributed by atoms with Gasteiger partial charge in [-0.25, -0.2) is 13.1 Å². The first kappa shape index (κ1) is 16.9. The van der Waals surface area contributed by atoms with Gasteiger partial charge in [0.2, 0.25) is 10.0 Å². The maximum absolute atomic E-state index is 12.6. The molecule has 21 heavy (non-hydrogen) atoms. The fraction of sp³-hybridized carbons (Fsp3) is 0.733. The van der Waals surface area contributed by atoms with Crippen LogP contribution in [0, 0.1) is 12.8 Å². The van der Waals surface area contributed by atoms with E-state index in [0.717, 1.165) is 36.2 Å². The zero-order valence-corrected chi connectivity index (χ0v) is 14.6. The molecule has 120 valence electrons. The van der Waals surface area contributed by atoms with Crippen LogP contribution in [0.4, 0.5) is 0 Å². The first-order valence-electron chi connectivity index (χ1n) is 7.82. The zero-order chi connectivity index (χ0) is 15.3. The van der Waals surface area contributed by atoms with Crippen LogP contribution >= 0.6 is 11.3 Å². The summed E-state index contributed by atoms with van der Waals surface area (Å²) in [6.07, 6.45) is 5.81. The molecule has 2 N–H and O–H groups in total. The second-order valence-electron chi connectivity index (χ2n) is 5.85. The van der Waals surface area contributed by atoms with Gasteiger partial charge in [0.15, 0.2) is 0 Å². The number of aryl methyl sites for hydroxylation is 1. The summed E-state index contributed by atoms with van der Waals surface area (Å²) in [5, 5.41) is 5.23. The largest absolute Gasteiger partial charge is 0.312 e. The van der Waals surface area contributed by atoms with Gasteiger partial charge in [0.05, 0.1) is 0 Å². The van der Waals surface area contributed by atoms with Gasteiger partial charge >= 0.3 is 0 Å². The molecule has 0 spiro atoms. The van der Waals surface area contributed by atoms with E-state index in [1.807, 2.05) is 12.3 Å². The molecular weight excluding hydrogens is 304 g/mol. The summed E-state index contributed by atoms with van der Waals surface area (Å²) in [5.74, 6) is 0.514. The molecule has 0 bridgehead atoms. The fourth-order valence-corrected chi connectivity index (χ4v) is 5.76. The van der Waals surface area contributed by atoms with Crippen molar-refractivity contribution in [3.05, 3.63) is 15.8 Å². The first-order valence-corrected chi connectivity index (χ1v) is 10.2. The Labute approximate surface area is 132 Å². The van der Waals surface area contributed by atoms with E-state index in [1.54, 1.807) is 0 Å². The van der Waals surface area contributed by atoms with Crippen molar-refractivity contribution in [2.45, 2.75) is 57.4 Å². The molecule has 0 radical (unpaired) electrons. The molecule has 2 rings (SSSR count). The van der Waals surface area contributed by atoms with Crippen molar-refractivity contribution >= 4 is 21.4 Å². The second kappa shape index (κ2) is 7.72. The van der Waals surface area contributed by atoms with Crippen LogP contribution in [0.1, 0.15) is 49.5 Å². The maximum Gasteiger partial charge on any atom is 0.241 e. The Kier molecular flexibility index (Phi) is 6.22. The van der Waals surface area contributed by atoms with Crippen LogP contribution in [0.15, 0.2) is 10.3 Å². The van der Waals surface area contributed by atoms with Crippen molar-refractivity contribution in [1.82, 2.24) is 10.0 Å². The van der Waals surface area contributed by atoms with Crippen LogP contribution in [-0.2, 0) is 16.6 Å². The number of sulfonamides is 1. The average Bonchev–Trinajstić information content (AvgIpc) is 3.07. The van der Waals surface area contributed by atoms with Crippen molar-refractivity contribution in [3.8, 4) is 0 Å². The van der Waals surface area contributed by atoms with Gasteiger partial charge in [0.25, 0.3) is 0 Å². The molecular formula is C15H26N2O2S2. The quantitative estimate of drug-likeness (QED) is 0.720.